The summed E-state index contributed by atoms with van der Waals surface area (Å²) < 4.78 is 29.8. The van der Waals surface area contributed by atoms with Gasteiger partial charge in [-0.1, -0.05) is 6.92 Å². The first kappa shape index (κ1) is 25.3. The Bertz CT molecular complexity index is 1190. The molecule has 0 aliphatic rings. The topological polar surface area (TPSA) is 92.3 Å². The Morgan fingerprint density at radius 2 is 1.97 bits per heavy atom. The van der Waals surface area contributed by atoms with E-state index < -0.39 is 0 Å². The molecule has 4 rings (SSSR count). The number of methoxy groups -OCH3 is 3. The fourth-order valence-corrected chi connectivity index (χ4v) is 4.63. The van der Waals surface area contributed by atoms with E-state index in [9.17, 15) is 0 Å². The molecule has 0 amide bonds. The average Bonchev–Trinajstić information content (AvgIpc) is 3.57. The van der Waals surface area contributed by atoms with Crippen LogP contribution >= 0.6 is 11.3 Å². The van der Waals surface area contributed by atoms with Crippen LogP contribution in [0, 0.1) is 0 Å². The third kappa shape index (κ3) is 6.25. The maximum Gasteiger partial charge on any atom is 0.294 e. The molecule has 4 aromatic rings. The van der Waals surface area contributed by atoms with E-state index in [4.69, 9.17) is 23.4 Å². The van der Waals surface area contributed by atoms with Gasteiger partial charge in [0.05, 0.1) is 32.4 Å². The summed E-state index contributed by atoms with van der Waals surface area (Å²) >= 11 is 1.38. The molecule has 0 saturated heterocycles. The highest BCUT2D eigenvalue weighted by Crippen LogP contribution is 2.37. The van der Waals surface area contributed by atoms with Crippen molar-refractivity contribution in [3.63, 3.8) is 0 Å². The van der Waals surface area contributed by atoms with Crippen LogP contribution in [0.15, 0.2) is 28.8 Å². The SMILES string of the molecule is CCC(CCOC)NCCCCCOc1cc(OC)cc2oc(-c3cn4nc(OC)sc4n3)cc12. The minimum Gasteiger partial charge on any atom is -0.496 e. The highest BCUT2D eigenvalue weighted by molar-refractivity contribution is 7.18. The zero-order valence-electron chi connectivity index (χ0n) is 20.8. The molecule has 1 N–H and O–H groups in total. The number of fused-ring (bicyclic) bond motifs is 2. The third-order valence-electron chi connectivity index (χ3n) is 5.94. The maximum absolute atomic E-state index is 6.16. The lowest BCUT2D eigenvalue weighted by atomic mass is 10.1. The number of ether oxygens (including phenoxy) is 4. The third-order valence-corrected chi connectivity index (χ3v) is 6.82. The monoisotopic (exact) mass is 502 g/mol. The molecular weight excluding hydrogens is 468 g/mol. The van der Waals surface area contributed by atoms with Gasteiger partial charge in [-0.2, -0.15) is 0 Å². The summed E-state index contributed by atoms with van der Waals surface area (Å²) in [5.74, 6) is 2.09. The lowest BCUT2D eigenvalue weighted by molar-refractivity contribution is 0.181. The lowest BCUT2D eigenvalue weighted by Gasteiger charge is -2.16. The van der Waals surface area contributed by atoms with Crippen LogP contribution in [-0.4, -0.2) is 61.7 Å². The van der Waals surface area contributed by atoms with E-state index in [1.165, 1.54) is 11.3 Å². The number of unbranched alkanes of at least 4 members (excludes halogenated alkanes) is 2. The van der Waals surface area contributed by atoms with Crippen molar-refractivity contribution in [1.29, 1.82) is 0 Å². The van der Waals surface area contributed by atoms with Gasteiger partial charge in [0.2, 0.25) is 4.96 Å². The predicted octanol–water partition coefficient (Wildman–Crippen LogP) is 5.18. The number of furan rings is 1. The van der Waals surface area contributed by atoms with E-state index in [0.717, 1.165) is 61.4 Å². The molecular formula is C25H34N4O5S. The van der Waals surface area contributed by atoms with Crippen molar-refractivity contribution in [2.24, 2.45) is 0 Å². The summed E-state index contributed by atoms with van der Waals surface area (Å²) in [6.07, 6.45) is 7.19. The van der Waals surface area contributed by atoms with Crippen molar-refractivity contribution in [3.8, 4) is 28.1 Å². The molecule has 10 heteroatoms. The van der Waals surface area contributed by atoms with Crippen molar-refractivity contribution >= 4 is 27.3 Å². The van der Waals surface area contributed by atoms with Gasteiger partial charge in [-0.25, -0.2) is 9.50 Å². The molecule has 0 radical (unpaired) electrons. The van der Waals surface area contributed by atoms with Gasteiger partial charge < -0.3 is 28.7 Å². The van der Waals surface area contributed by atoms with Gasteiger partial charge in [0.15, 0.2) is 5.76 Å². The Kier molecular flexibility index (Phi) is 8.84. The number of aromatic nitrogens is 3. The molecule has 0 spiro atoms. The molecule has 35 heavy (non-hydrogen) atoms. The molecule has 3 aromatic heterocycles. The Morgan fingerprint density at radius 3 is 2.71 bits per heavy atom. The Morgan fingerprint density at radius 1 is 1.09 bits per heavy atom. The molecule has 9 nitrogen and oxygen atoms in total. The van der Waals surface area contributed by atoms with Crippen LogP contribution in [0.3, 0.4) is 0 Å². The highest BCUT2D eigenvalue weighted by Gasteiger charge is 2.17. The van der Waals surface area contributed by atoms with Gasteiger partial charge >= 0.3 is 0 Å². The zero-order valence-corrected chi connectivity index (χ0v) is 21.7. The van der Waals surface area contributed by atoms with Crippen molar-refractivity contribution < 1.29 is 23.4 Å². The van der Waals surface area contributed by atoms with Gasteiger partial charge in [0.25, 0.3) is 5.19 Å². The second kappa shape index (κ2) is 12.2. The second-order valence-corrected chi connectivity index (χ2v) is 9.24. The van der Waals surface area contributed by atoms with Gasteiger partial charge in [0, 0.05) is 31.9 Å². The van der Waals surface area contributed by atoms with E-state index in [0.29, 0.717) is 40.6 Å². The van der Waals surface area contributed by atoms with Crippen molar-refractivity contribution in [2.75, 3.05) is 41.1 Å². The molecule has 0 fully saturated rings. The van der Waals surface area contributed by atoms with Crippen LogP contribution in [0.1, 0.15) is 39.0 Å². The molecule has 1 aromatic carbocycles. The van der Waals surface area contributed by atoms with Gasteiger partial charge in [-0.15, -0.1) is 5.10 Å². The molecule has 1 atom stereocenters. The first-order valence-corrected chi connectivity index (χ1v) is 12.8. The van der Waals surface area contributed by atoms with E-state index in [1.807, 2.05) is 24.4 Å². The largest absolute Gasteiger partial charge is 0.496 e. The van der Waals surface area contributed by atoms with Gasteiger partial charge in [-0.3, -0.25) is 0 Å². The van der Waals surface area contributed by atoms with Crippen LogP contribution in [0.4, 0.5) is 0 Å². The Labute approximate surface area is 209 Å². The minimum atomic E-state index is 0.524. The second-order valence-electron chi connectivity index (χ2n) is 8.32. The highest BCUT2D eigenvalue weighted by atomic mass is 32.1. The standard InChI is InChI=1S/C25H34N4O5S/c1-5-17(9-12-30-2)26-10-7-6-8-11-33-21-13-18(31-3)14-22-19(21)15-23(34-22)20-16-29-24(27-20)35-25(28-29)32-4/h13-17,26H,5-12H2,1-4H3. The Balaban J connectivity index is 1.35. The molecule has 0 bridgehead atoms. The quantitative estimate of drug-likeness (QED) is 0.223. The van der Waals surface area contributed by atoms with E-state index in [2.05, 4.69) is 22.3 Å². The number of rotatable bonds is 15. The van der Waals surface area contributed by atoms with Crippen LogP contribution in [0.25, 0.3) is 27.4 Å². The summed E-state index contributed by atoms with van der Waals surface area (Å²) in [6, 6.07) is 6.26. The van der Waals surface area contributed by atoms with Crippen LogP contribution < -0.4 is 19.5 Å². The van der Waals surface area contributed by atoms with E-state index in [-0.39, 0.29) is 0 Å². The van der Waals surface area contributed by atoms with Crippen LogP contribution in [0.5, 0.6) is 16.7 Å². The molecule has 0 aliphatic carbocycles. The lowest BCUT2D eigenvalue weighted by Crippen LogP contribution is -2.30. The number of hydrogen-bond donors (Lipinski definition) is 1. The molecule has 3 heterocycles. The molecule has 0 saturated carbocycles. The minimum absolute atomic E-state index is 0.524. The first-order valence-electron chi connectivity index (χ1n) is 12.0. The average molecular weight is 503 g/mol. The summed E-state index contributed by atoms with van der Waals surface area (Å²) in [5.41, 5.74) is 1.40. The number of nitrogens with one attached hydrogen (secondary N) is 1. The van der Waals surface area contributed by atoms with E-state index in [1.54, 1.807) is 25.8 Å². The smallest absolute Gasteiger partial charge is 0.294 e. The fraction of sp³-hybridized carbons (Fsp3) is 0.520. The number of benzene rings is 1. The summed E-state index contributed by atoms with van der Waals surface area (Å²) in [6.45, 7) is 4.66. The van der Waals surface area contributed by atoms with Crippen molar-refractivity contribution in [2.45, 2.75) is 45.1 Å². The molecule has 1 unspecified atom stereocenters. The van der Waals surface area contributed by atoms with Gasteiger partial charge in [0.1, 0.15) is 22.8 Å². The maximum atomic E-state index is 6.16. The summed E-state index contributed by atoms with van der Waals surface area (Å²) in [5, 5.41) is 9.41. The fourth-order valence-electron chi connectivity index (χ4n) is 3.93. The first-order chi connectivity index (χ1) is 17.1. The number of nitrogens with zero attached hydrogens (tertiary/aromatic N) is 3. The van der Waals surface area contributed by atoms with E-state index >= 15 is 0 Å². The van der Waals surface area contributed by atoms with Gasteiger partial charge in [-0.05, 0) is 56.1 Å². The predicted molar refractivity (Wildman–Crippen MR) is 137 cm³/mol. The number of hydrogen-bond acceptors (Lipinski definition) is 9. The summed E-state index contributed by atoms with van der Waals surface area (Å²) in [4.78, 5) is 5.36. The van der Waals surface area contributed by atoms with Crippen LogP contribution in [-0.2, 0) is 4.74 Å². The molecule has 190 valence electrons. The number of imidazole rings is 1. The zero-order chi connectivity index (χ0) is 24.6. The van der Waals surface area contributed by atoms with Crippen LogP contribution in [0.2, 0.25) is 0 Å². The molecule has 0 aliphatic heterocycles. The van der Waals surface area contributed by atoms with Crippen molar-refractivity contribution in [3.05, 3.63) is 24.4 Å². The van der Waals surface area contributed by atoms with Crippen molar-refractivity contribution in [1.82, 2.24) is 19.9 Å². The Hall–Kier alpha value is -2.82. The summed E-state index contributed by atoms with van der Waals surface area (Å²) in [7, 11) is 4.99. The normalized spacial score (nSPS) is 12.5.